The largest absolute Gasteiger partial charge is 0.444 e. The zero-order valence-corrected chi connectivity index (χ0v) is 20.2. The molecule has 30 heavy (non-hydrogen) atoms. The van der Waals surface area contributed by atoms with Crippen molar-refractivity contribution in [2.75, 3.05) is 0 Å². The molecule has 0 fully saturated rings. The molecule has 0 aliphatic heterocycles. The summed E-state index contributed by atoms with van der Waals surface area (Å²) in [5.41, 5.74) is 0.154. The summed E-state index contributed by atoms with van der Waals surface area (Å²) in [6, 6.07) is 6.04. The molecule has 2 amide bonds. The van der Waals surface area contributed by atoms with E-state index >= 15 is 0 Å². The van der Waals surface area contributed by atoms with Crippen LogP contribution in [-0.2, 0) is 20.7 Å². The van der Waals surface area contributed by atoms with Crippen LogP contribution in [-0.4, -0.2) is 46.6 Å². The molecule has 1 rings (SSSR count). The van der Waals surface area contributed by atoms with E-state index in [0.29, 0.717) is 5.75 Å². The summed E-state index contributed by atoms with van der Waals surface area (Å²) in [6.45, 7) is 14.4. The van der Waals surface area contributed by atoms with Crippen molar-refractivity contribution in [3.8, 4) is 5.75 Å². The number of nitrogens with zero attached hydrogens (tertiary/aromatic N) is 1. The molecule has 1 aromatic carbocycles. The van der Waals surface area contributed by atoms with Crippen LogP contribution in [0.5, 0.6) is 5.75 Å². The van der Waals surface area contributed by atoms with Gasteiger partial charge in [-0.15, -0.1) is 0 Å². The quantitative estimate of drug-likeness (QED) is 0.515. The van der Waals surface area contributed by atoms with E-state index in [4.69, 9.17) is 9.47 Å². The maximum Gasteiger partial charge on any atom is 0.408 e. The lowest BCUT2D eigenvalue weighted by atomic mass is 10.0. The van der Waals surface area contributed by atoms with Crippen LogP contribution in [0.15, 0.2) is 24.3 Å². The predicted molar refractivity (Wildman–Crippen MR) is 122 cm³/mol. The van der Waals surface area contributed by atoms with Crippen molar-refractivity contribution in [2.24, 2.45) is 0 Å². The van der Waals surface area contributed by atoms with Gasteiger partial charge in [0, 0.05) is 25.4 Å². The molecule has 7 nitrogen and oxygen atoms in total. The second kappa shape index (κ2) is 11.8. The lowest BCUT2D eigenvalue weighted by Crippen LogP contribution is -2.54. The van der Waals surface area contributed by atoms with Crippen molar-refractivity contribution in [3.05, 3.63) is 29.8 Å². The summed E-state index contributed by atoms with van der Waals surface area (Å²) in [5.74, 6) is -0.151. The number of hydrogen-bond donors (Lipinski definition) is 1. The normalized spacial score (nSPS) is 12.1. The van der Waals surface area contributed by atoms with Gasteiger partial charge in [0.2, 0.25) is 5.91 Å². The molecule has 0 aliphatic rings. The highest BCUT2D eigenvalue weighted by molar-refractivity contribution is 7.59. The predicted octanol–water partition coefficient (Wildman–Crippen LogP) is 3.81. The first-order valence-corrected chi connectivity index (χ1v) is 9.89. The number of amides is 2. The third-order valence-electron chi connectivity index (χ3n) is 3.98. The maximum atomic E-state index is 13.2. The Kier molecular flexibility index (Phi) is 11.0. The number of alkyl carbamates (subject to hydrolysis) is 1. The van der Waals surface area contributed by atoms with Gasteiger partial charge in [0.25, 0.3) is 0 Å². The lowest BCUT2D eigenvalue weighted by molar-refractivity contribution is -0.137. The smallest absolute Gasteiger partial charge is 0.408 e. The summed E-state index contributed by atoms with van der Waals surface area (Å²) < 4.78 is 10.4. The van der Waals surface area contributed by atoms with Crippen molar-refractivity contribution in [1.82, 2.24) is 10.2 Å². The second-order valence-corrected chi connectivity index (χ2v) is 8.57. The fourth-order valence-corrected chi connectivity index (χ4v) is 3.03. The molecule has 0 radical (unpaired) electrons. The van der Waals surface area contributed by atoms with Crippen LogP contribution in [0, 0.1) is 0 Å². The first-order chi connectivity index (χ1) is 13.3. The topological polar surface area (TPSA) is 84.9 Å². The van der Waals surface area contributed by atoms with Gasteiger partial charge in [-0.05, 0) is 66.2 Å². The minimum atomic E-state index is -0.783. The number of carbonyl (C=O) groups is 3. The van der Waals surface area contributed by atoms with Gasteiger partial charge in [-0.25, -0.2) is 4.79 Å². The molecule has 1 N–H and O–H groups in total. The van der Waals surface area contributed by atoms with Gasteiger partial charge in [-0.3, -0.25) is 9.59 Å². The van der Waals surface area contributed by atoms with Crippen LogP contribution < -0.4 is 10.1 Å². The highest BCUT2D eigenvalue weighted by atomic mass is 32.1. The number of ether oxygens (including phenoxy) is 2. The summed E-state index contributed by atoms with van der Waals surface area (Å²) in [6.07, 6.45) is -0.353. The van der Waals surface area contributed by atoms with Gasteiger partial charge >= 0.3 is 12.1 Å². The van der Waals surface area contributed by atoms with E-state index in [1.165, 1.54) is 6.92 Å². The molecule has 0 spiro atoms. The van der Waals surface area contributed by atoms with Crippen molar-refractivity contribution < 1.29 is 23.9 Å². The zero-order chi connectivity index (χ0) is 22.4. The molecule has 0 heterocycles. The average molecular weight is 441 g/mol. The van der Waals surface area contributed by atoms with E-state index in [9.17, 15) is 14.4 Å². The minimum Gasteiger partial charge on any atom is -0.444 e. The fourth-order valence-electron chi connectivity index (χ4n) is 3.03. The molecule has 1 atom stereocenters. The van der Waals surface area contributed by atoms with Crippen LogP contribution in [0.25, 0.3) is 0 Å². The number of nitrogens with one attached hydrogen (secondary N) is 1. The number of hydrogen-bond acceptors (Lipinski definition) is 5. The summed E-state index contributed by atoms with van der Waals surface area (Å²) in [5, 5.41) is 2.72. The lowest BCUT2D eigenvalue weighted by Gasteiger charge is -2.34. The van der Waals surface area contributed by atoms with Gasteiger partial charge in [0.15, 0.2) is 0 Å². The van der Waals surface area contributed by atoms with Crippen molar-refractivity contribution in [2.45, 2.75) is 85.5 Å². The van der Waals surface area contributed by atoms with Crippen molar-refractivity contribution in [3.63, 3.8) is 0 Å². The third kappa shape index (κ3) is 9.52. The Labute approximate surface area is 186 Å². The fraction of sp³-hybridized carbons (Fsp3) is 0.591. The van der Waals surface area contributed by atoms with E-state index < -0.39 is 23.7 Å². The SMILES string of the molecule is CC(=O)Oc1ccc(C[C@H](NC(=O)OC(C)(C)C)C(=O)N(C(C)C)C(C)C)cc1.S. The van der Waals surface area contributed by atoms with Gasteiger partial charge in [0.05, 0.1) is 0 Å². The molecular weight excluding hydrogens is 404 g/mol. The minimum absolute atomic E-state index is 0. The summed E-state index contributed by atoms with van der Waals surface area (Å²) in [4.78, 5) is 38.4. The Morgan fingerprint density at radius 3 is 1.90 bits per heavy atom. The van der Waals surface area contributed by atoms with Crippen LogP contribution >= 0.6 is 13.5 Å². The van der Waals surface area contributed by atoms with Crippen LogP contribution in [0.3, 0.4) is 0 Å². The molecule has 170 valence electrons. The Balaban J connectivity index is 0.00000841. The molecule has 1 aromatic rings. The van der Waals surface area contributed by atoms with Crippen molar-refractivity contribution in [1.29, 1.82) is 0 Å². The van der Waals surface area contributed by atoms with Gasteiger partial charge in [0.1, 0.15) is 17.4 Å². The Morgan fingerprint density at radius 2 is 1.50 bits per heavy atom. The first-order valence-electron chi connectivity index (χ1n) is 9.89. The summed E-state index contributed by atoms with van der Waals surface area (Å²) >= 11 is 0. The number of carbonyl (C=O) groups excluding carboxylic acids is 3. The van der Waals surface area contributed by atoms with Gasteiger partial charge in [-0.2, -0.15) is 13.5 Å². The number of rotatable bonds is 7. The number of esters is 1. The number of benzene rings is 1. The van der Waals surface area contributed by atoms with E-state index in [1.807, 2.05) is 27.7 Å². The van der Waals surface area contributed by atoms with E-state index in [1.54, 1.807) is 49.9 Å². The highest BCUT2D eigenvalue weighted by Crippen LogP contribution is 2.17. The standard InChI is InChI=1S/C22H34N2O5.H2S/c1-14(2)24(15(3)4)20(26)19(23-21(27)29-22(6,7)8)13-17-9-11-18(12-10-17)28-16(5)25;/h9-12,14-15,19H,13H2,1-8H3,(H,23,27);1H2/t19-;/m0./s1. The molecule has 8 heteroatoms. The van der Waals surface area contributed by atoms with E-state index in [0.717, 1.165) is 5.56 Å². The molecule has 0 bridgehead atoms. The molecule has 0 saturated carbocycles. The molecule has 0 saturated heterocycles. The van der Waals surface area contributed by atoms with Gasteiger partial charge < -0.3 is 19.7 Å². The van der Waals surface area contributed by atoms with Gasteiger partial charge in [-0.1, -0.05) is 12.1 Å². The summed E-state index contributed by atoms with van der Waals surface area (Å²) in [7, 11) is 0. The first kappa shape index (κ1) is 27.8. The molecular formula is C22H36N2O5S. The van der Waals surface area contributed by atoms with Crippen molar-refractivity contribution >= 4 is 31.5 Å². The third-order valence-corrected chi connectivity index (χ3v) is 3.98. The second-order valence-electron chi connectivity index (χ2n) is 8.57. The Morgan fingerprint density at radius 1 is 1.00 bits per heavy atom. The van der Waals surface area contributed by atoms with E-state index in [2.05, 4.69) is 5.32 Å². The van der Waals surface area contributed by atoms with Crippen LogP contribution in [0.2, 0.25) is 0 Å². The molecule has 0 aromatic heterocycles. The van der Waals surface area contributed by atoms with Crippen LogP contribution in [0.4, 0.5) is 4.79 Å². The Bertz CT molecular complexity index is 703. The Hall–Kier alpha value is -2.22. The maximum absolute atomic E-state index is 13.2. The zero-order valence-electron chi connectivity index (χ0n) is 19.2. The van der Waals surface area contributed by atoms with E-state index in [-0.39, 0.29) is 37.9 Å². The molecule has 0 aliphatic carbocycles. The monoisotopic (exact) mass is 440 g/mol. The molecule has 0 unspecified atom stereocenters. The van der Waals surface area contributed by atoms with Crippen LogP contribution in [0.1, 0.15) is 61.0 Å². The average Bonchev–Trinajstić information content (AvgIpc) is 2.53. The highest BCUT2D eigenvalue weighted by Gasteiger charge is 2.31.